The first-order valence-corrected chi connectivity index (χ1v) is 11.6. The monoisotopic (exact) mass is 463 g/mol. The molecule has 0 saturated carbocycles. The van der Waals surface area contributed by atoms with Crippen LogP contribution in [-0.4, -0.2) is 54.1 Å². The molecule has 0 unspecified atom stereocenters. The van der Waals surface area contributed by atoms with Crippen molar-refractivity contribution in [1.29, 1.82) is 0 Å². The molecule has 176 valence electrons. The number of benzene rings is 1. The quantitative estimate of drug-likeness (QED) is 0.525. The maximum Gasteiger partial charge on any atom is 0.318 e. The Kier molecular flexibility index (Phi) is 9.65. The summed E-state index contributed by atoms with van der Waals surface area (Å²) in [5.41, 5.74) is 1.54. The highest BCUT2D eigenvalue weighted by Gasteiger charge is 2.25. The second-order valence-corrected chi connectivity index (χ2v) is 9.85. The third-order valence-electron chi connectivity index (χ3n) is 4.81. The van der Waals surface area contributed by atoms with Crippen LogP contribution in [0.2, 0.25) is 0 Å². The van der Waals surface area contributed by atoms with Crippen molar-refractivity contribution in [3.63, 3.8) is 0 Å². The van der Waals surface area contributed by atoms with E-state index in [1.165, 1.54) is 17.0 Å². The lowest BCUT2D eigenvalue weighted by atomic mass is 10.1. The summed E-state index contributed by atoms with van der Waals surface area (Å²) in [6, 6.07) is 7.88. The lowest BCUT2D eigenvalue weighted by Crippen LogP contribution is -2.51. The Morgan fingerprint density at radius 3 is 2.34 bits per heavy atom. The van der Waals surface area contributed by atoms with Crippen LogP contribution in [0.5, 0.6) is 0 Å². The van der Waals surface area contributed by atoms with Gasteiger partial charge < -0.3 is 19.9 Å². The Balaban J connectivity index is 2.20. The highest BCUT2D eigenvalue weighted by Crippen LogP contribution is 2.20. The molecule has 2 rings (SSSR count). The molecule has 0 saturated heterocycles. The predicted molar refractivity (Wildman–Crippen MR) is 126 cm³/mol. The molecule has 32 heavy (non-hydrogen) atoms. The number of thiophene rings is 1. The molecule has 0 aliphatic carbocycles. The van der Waals surface area contributed by atoms with Crippen LogP contribution >= 0.6 is 11.3 Å². The van der Waals surface area contributed by atoms with Crippen molar-refractivity contribution >= 4 is 23.3 Å². The van der Waals surface area contributed by atoms with Gasteiger partial charge in [-0.05, 0) is 68.8 Å². The number of carbonyl (C=O) groups is 2. The molecule has 0 fully saturated rings. The molecule has 1 aromatic carbocycles. The molecule has 8 heteroatoms. The lowest BCUT2D eigenvalue weighted by molar-refractivity contribution is -0.133. The van der Waals surface area contributed by atoms with Gasteiger partial charge in [0.2, 0.25) is 5.91 Å². The largest absolute Gasteiger partial charge is 0.385 e. The van der Waals surface area contributed by atoms with Gasteiger partial charge in [-0.25, -0.2) is 9.18 Å². The first kappa shape index (κ1) is 25.8. The van der Waals surface area contributed by atoms with E-state index in [1.807, 2.05) is 39.1 Å². The number of nitrogens with one attached hydrogen (secondary N) is 1. The Labute approximate surface area is 194 Å². The average Bonchev–Trinajstić information content (AvgIpc) is 3.11. The van der Waals surface area contributed by atoms with E-state index in [0.717, 1.165) is 16.0 Å². The Bertz CT molecular complexity index is 877. The van der Waals surface area contributed by atoms with Crippen LogP contribution in [0.15, 0.2) is 35.7 Å². The van der Waals surface area contributed by atoms with E-state index in [2.05, 4.69) is 5.32 Å². The maximum absolute atomic E-state index is 13.4. The van der Waals surface area contributed by atoms with Gasteiger partial charge >= 0.3 is 6.03 Å². The van der Waals surface area contributed by atoms with Gasteiger partial charge in [0.1, 0.15) is 12.4 Å². The number of carbonyl (C=O) groups excluding carboxylic acids is 2. The van der Waals surface area contributed by atoms with Crippen molar-refractivity contribution in [3.8, 4) is 0 Å². The minimum Gasteiger partial charge on any atom is -0.385 e. The van der Waals surface area contributed by atoms with E-state index >= 15 is 0 Å². The second-order valence-electron chi connectivity index (χ2n) is 8.85. The first-order valence-electron chi connectivity index (χ1n) is 10.7. The van der Waals surface area contributed by atoms with E-state index in [0.29, 0.717) is 32.7 Å². The van der Waals surface area contributed by atoms with Gasteiger partial charge in [0.05, 0.1) is 6.54 Å². The number of nitrogens with zero attached hydrogens (tertiary/aromatic N) is 2. The summed E-state index contributed by atoms with van der Waals surface area (Å²) < 4.78 is 18.5. The molecule has 6 nitrogen and oxygen atoms in total. The van der Waals surface area contributed by atoms with Crippen molar-refractivity contribution in [1.82, 2.24) is 15.1 Å². The number of methoxy groups -OCH3 is 1. The highest BCUT2D eigenvalue weighted by molar-refractivity contribution is 7.10. The molecule has 0 radical (unpaired) electrons. The third kappa shape index (κ3) is 8.59. The zero-order valence-corrected chi connectivity index (χ0v) is 20.4. The van der Waals surface area contributed by atoms with Crippen LogP contribution in [0.1, 0.15) is 43.2 Å². The molecule has 1 aromatic heterocycles. The fraction of sp³-hybridized carbons (Fsp3) is 0.500. The van der Waals surface area contributed by atoms with Gasteiger partial charge in [-0.15, -0.1) is 11.3 Å². The number of aryl methyl sites for hydroxylation is 1. The molecule has 1 heterocycles. The van der Waals surface area contributed by atoms with Crippen LogP contribution < -0.4 is 5.32 Å². The number of hydrogen-bond donors (Lipinski definition) is 1. The molecule has 0 aliphatic rings. The molecular formula is C24H34FN3O3S. The van der Waals surface area contributed by atoms with Crippen molar-refractivity contribution < 1.29 is 18.7 Å². The number of hydrogen-bond acceptors (Lipinski definition) is 4. The molecular weight excluding hydrogens is 429 g/mol. The van der Waals surface area contributed by atoms with Gasteiger partial charge in [-0.3, -0.25) is 4.79 Å². The van der Waals surface area contributed by atoms with Crippen LogP contribution in [0, 0.1) is 12.7 Å². The number of rotatable bonds is 10. The van der Waals surface area contributed by atoms with Gasteiger partial charge in [0.25, 0.3) is 0 Å². The predicted octanol–water partition coefficient (Wildman–Crippen LogP) is 4.57. The number of halogens is 1. The normalized spacial score (nSPS) is 11.3. The van der Waals surface area contributed by atoms with Crippen molar-refractivity contribution in [2.45, 2.75) is 52.7 Å². The average molecular weight is 464 g/mol. The van der Waals surface area contributed by atoms with Gasteiger partial charge in [0, 0.05) is 37.2 Å². The number of amides is 3. The summed E-state index contributed by atoms with van der Waals surface area (Å²) in [7, 11) is 1.61. The summed E-state index contributed by atoms with van der Waals surface area (Å²) in [5.74, 6) is -0.479. The summed E-state index contributed by atoms with van der Waals surface area (Å²) in [5, 5.41) is 4.94. The SMILES string of the molecule is COCCCN(CC(=O)N(Cc1ccc(F)cc1)Cc1sccc1C)C(=O)NC(C)(C)C. The number of ether oxygens (including phenoxy) is 1. The second kappa shape index (κ2) is 12.0. The molecule has 1 N–H and O–H groups in total. The summed E-state index contributed by atoms with van der Waals surface area (Å²) in [6.45, 7) is 9.36. The van der Waals surface area contributed by atoms with E-state index in [-0.39, 0.29) is 24.3 Å². The van der Waals surface area contributed by atoms with Crippen molar-refractivity contribution in [3.05, 3.63) is 57.5 Å². The standard InChI is InChI=1S/C24H34FN3O3S/c1-18-11-14-32-21(18)16-28(15-19-7-9-20(25)10-8-19)22(29)17-27(12-6-13-31-5)23(30)26-24(2,3)4/h7-11,14H,6,12-13,15-17H2,1-5H3,(H,26,30). The molecule has 0 aliphatic heterocycles. The Morgan fingerprint density at radius 1 is 1.09 bits per heavy atom. The third-order valence-corrected chi connectivity index (χ3v) is 5.82. The fourth-order valence-corrected chi connectivity index (χ4v) is 4.02. The van der Waals surface area contributed by atoms with E-state index in [9.17, 15) is 14.0 Å². The first-order chi connectivity index (χ1) is 15.1. The Morgan fingerprint density at radius 2 is 1.78 bits per heavy atom. The number of urea groups is 1. The topological polar surface area (TPSA) is 61.9 Å². The highest BCUT2D eigenvalue weighted by atomic mass is 32.1. The van der Waals surface area contributed by atoms with Crippen molar-refractivity contribution in [2.24, 2.45) is 0 Å². The molecule has 0 bridgehead atoms. The van der Waals surface area contributed by atoms with E-state index in [1.54, 1.807) is 35.5 Å². The van der Waals surface area contributed by atoms with Gasteiger partial charge in [-0.1, -0.05) is 12.1 Å². The molecule has 2 aromatic rings. The lowest BCUT2D eigenvalue weighted by Gasteiger charge is -2.30. The van der Waals surface area contributed by atoms with Gasteiger partial charge in [-0.2, -0.15) is 0 Å². The van der Waals surface area contributed by atoms with Crippen LogP contribution in [-0.2, 0) is 22.6 Å². The van der Waals surface area contributed by atoms with Gasteiger partial charge in [0.15, 0.2) is 0 Å². The smallest absolute Gasteiger partial charge is 0.318 e. The zero-order chi connectivity index (χ0) is 23.7. The summed E-state index contributed by atoms with van der Waals surface area (Å²) in [6.07, 6.45) is 0.628. The van der Waals surface area contributed by atoms with Crippen LogP contribution in [0.4, 0.5) is 9.18 Å². The zero-order valence-electron chi connectivity index (χ0n) is 19.6. The minimum atomic E-state index is -0.415. The Hall–Kier alpha value is -2.45. The summed E-state index contributed by atoms with van der Waals surface area (Å²) in [4.78, 5) is 30.6. The van der Waals surface area contributed by atoms with E-state index in [4.69, 9.17) is 4.74 Å². The van der Waals surface area contributed by atoms with Crippen LogP contribution in [0.3, 0.4) is 0 Å². The molecule has 0 spiro atoms. The van der Waals surface area contributed by atoms with Crippen LogP contribution in [0.25, 0.3) is 0 Å². The maximum atomic E-state index is 13.4. The van der Waals surface area contributed by atoms with E-state index < -0.39 is 5.54 Å². The van der Waals surface area contributed by atoms with Crippen molar-refractivity contribution in [2.75, 3.05) is 26.8 Å². The fourth-order valence-electron chi connectivity index (χ4n) is 3.10. The molecule has 0 atom stereocenters. The molecule has 3 amide bonds. The summed E-state index contributed by atoms with van der Waals surface area (Å²) >= 11 is 1.59. The minimum absolute atomic E-state index is 0.0444.